The number of benzene rings is 1. The van der Waals surface area contributed by atoms with E-state index in [0.29, 0.717) is 0 Å². The number of carbonyl (C=O) groups is 1. The molecule has 0 aromatic heterocycles. The van der Waals surface area contributed by atoms with Crippen molar-refractivity contribution >= 4 is 11.7 Å². The highest BCUT2D eigenvalue weighted by Gasteiger charge is 2.36. The zero-order chi connectivity index (χ0) is 11.5. The molecular weight excluding hydrogens is 206 g/mol. The first-order valence-electron chi connectivity index (χ1n) is 5.34. The number of hydrogen-bond acceptors (Lipinski definition) is 3. The Hall–Kier alpha value is -1.71. The van der Waals surface area contributed by atoms with Crippen LogP contribution in [0.3, 0.4) is 0 Å². The number of ether oxygens (including phenoxy) is 1. The number of carboxylic acids is 1. The van der Waals surface area contributed by atoms with Gasteiger partial charge in [-0.25, -0.2) is 0 Å². The fourth-order valence-corrected chi connectivity index (χ4v) is 1.90. The summed E-state index contributed by atoms with van der Waals surface area (Å²) < 4.78 is 5.11. The summed E-state index contributed by atoms with van der Waals surface area (Å²) in [7, 11) is 1.61. The third-order valence-electron chi connectivity index (χ3n) is 3.01. The van der Waals surface area contributed by atoms with E-state index in [1.54, 1.807) is 7.11 Å². The molecule has 2 atom stereocenters. The molecule has 4 nitrogen and oxygen atoms in total. The molecule has 2 N–H and O–H groups in total. The van der Waals surface area contributed by atoms with E-state index in [-0.39, 0.29) is 12.0 Å². The number of nitrogens with one attached hydrogen (secondary N) is 1. The maximum Gasteiger partial charge on any atom is 0.308 e. The van der Waals surface area contributed by atoms with Gasteiger partial charge in [0.05, 0.1) is 13.0 Å². The first kappa shape index (κ1) is 10.8. The smallest absolute Gasteiger partial charge is 0.308 e. The van der Waals surface area contributed by atoms with Crippen LogP contribution in [0.25, 0.3) is 0 Å². The zero-order valence-electron chi connectivity index (χ0n) is 9.14. The highest BCUT2D eigenvalue weighted by molar-refractivity contribution is 5.73. The van der Waals surface area contributed by atoms with Crippen LogP contribution in [0.4, 0.5) is 5.69 Å². The maximum absolute atomic E-state index is 10.8. The number of rotatable bonds is 4. The van der Waals surface area contributed by atoms with E-state index in [1.165, 1.54) is 0 Å². The van der Waals surface area contributed by atoms with Gasteiger partial charge in [-0.3, -0.25) is 4.79 Å². The van der Waals surface area contributed by atoms with E-state index in [1.807, 2.05) is 24.3 Å². The molecule has 0 spiro atoms. The molecule has 1 fully saturated rings. The second-order valence-corrected chi connectivity index (χ2v) is 4.00. The lowest BCUT2D eigenvalue weighted by atomic mass is 9.79. The van der Waals surface area contributed by atoms with Crippen molar-refractivity contribution in [3.05, 3.63) is 24.3 Å². The van der Waals surface area contributed by atoms with Gasteiger partial charge in [-0.15, -0.1) is 0 Å². The Kier molecular flexibility index (Phi) is 2.99. The van der Waals surface area contributed by atoms with E-state index in [0.717, 1.165) is 24.3 Å². The van der Waals surface area contributed by atoms with Crippen LogP contribution in [0.5, 0.6) is 5.75 Å². The van der Waals surface area contributed by atoms with E-state index >= 15 is 0 Å². The highest BCUT2D eigenvalue weighted by atomic mass is 16.5. The SMILES string of the molecule is COc1cccc(NC2CCC2C(=O)O)c1. The molecule has 1 aromatic carbocycles. The fraction of sp³-hybridized carbons (Fsp3) is 0.417. The van der Waals surface area contributed by atoms with Gasteiger partial charge in [-0.2, -0.15) is 0 Å². The van der Waals surface area contributed by atoms with Crippen LogP contribution in [0.2, 0.25) is 0 Å². The number of anilines is 1. The molecule has 2 unspecified atom stereocenters. The number of methoxy groups -OCH3 is 1. The van der Waals surface area contributed by atoms with Crippen molar-refractivity contribution in [3.63, 3.8) is 0 Å². The lowest BCUT2D eigenvalue weighted by Gasteiger charge is -2.34. The van der Waals surface area contributed by atoms with Crippen LogP contribution in [0.15, 0.2) is 24.3 Å². The summed E-state index contributed by atoms with van der Waals surface area (Å²) in [6, 6.07) is 7.58. The quantitative estimate of drug-likeness (QED) is 0.816. The summed E-state index contributed by atoms with van der Waals surface area (Å²) in [5.41, 5.74) is 0.912. The van der Waals surface area contributed by atoms with Gasteiger partial charge in [0.25, 0.3) is 0 Å². The van der Waals surface area contributed by atoms with Gasteiger partial charge in [0.15, 0.2) is 0 Å². The predicted octanol–water partition coefficient (Wildman–Crippen LogP) is 1.97. The second-order valence-electron chi connectivity index (χ2n) is 4.00. The van der Waals surface area contributed by atoms with Crippen molar-refractivity contribution in [2.75, 3.05) is 12.4 Å². The lowest BCUT2D eigenvalue weighted by molar-refractivity contribution is -0.144. The molecule has 0 heterocycles. The largest absolute Gasteiger partial charge is 0.497 e. The third kappa shape index (κ3) is 2.10. The van der Waals surface area contributed by atoms with E-state index < -0.39 is 5.97 Å². The Morgan fingerprint density at radius 3 is 2.88 bits per heavy atom. The van der Waals surface area contributed by atoms with E-state index in [9.17, 15) is 4.79 Å². The van der Waals surface area contributed by atoms with Crippen LogP contribution < -0.4 is 10.1 Å². The van der Waals surface area contributed by atoms with Gasteiger partial charge < -0.3 is 15.2 Å². The summed E-state index contributed by atoms with van der Waals surface area (Å²) in [5.74, 6) is -0.200. The Morgan fingerprint density at radius 1 is 1.50 bits per heavy atom. The van der Waals surface area contributed by atoms with Crippen molar-refractivity contribution in [3.8, 4) is 5.75 Å². The molecular formula is C12H15NO3. The van der Waals surface area contributed by atoms with Gasteiger partial charge in [-0.1, -0.05) is 6.07 Å². The molecule has 16 heavy (non-hydrogen) atoms. The molecule has 4 heteroatoms. The van der Waals surface area contributed by atoms with Gasteiger partial charge in [0, 0.05) is 17.8 Å². The standard InChI is InChI=1S/C12H15NO3/c1-16-9-4-2-3-8(7-9)13-11-6-5-10(11)12(14)15/h2-4,7,10-11,13H,5-6H2,1H3,(H,14,15). The minimum atomic E-state index is -0.716. The monoisotopic (exact) mass is 221 g/mol. The zero-order valence-corrected chi connectivity index (χ0v) is 9.14. The molecule has 0 radical (unpaired) electrons. The van der Waals surface area contributed by atoms with E-state index in [4.69, 9.17) is 9.84 Å². The lowest BCUT2D eigenvalue weighted by Crippen LogP contribution is -2.42. The van der Waals surface area contributed by atoms with Crippen molar-refractivity contribution in [1.82, 2.24) is 0 Å². The molecule has 86 valence electrons. The molecule has 1 aromatic rings. The molecule has 0 amide bonds. The number of aliphatic carboxylic acids is 1. The number of carboxylic acid groups (broad SMARTS) is 1. The average Bonchev–Trinajstić information content (AvgIpc) is 2.24. The predicted molar refractivity (Wildman–Crippen MR) is 60.8 cm³/mol. The molecule has 1 saturated carbocycles. The average molecular weight is 221 g/mol. The second kappa shape index (κ2) is 4.43. The fourth-order valence-electron chi connectivity index (χ4n) is 1.90. The molecule has 0 bridgehead atoms. The number of hydrogen-bond donors (Lipinski definition) is 2. The van der Waals surface area contributed by atoms with Crippen molar-refractivity contribution in [2.24, 2.45) is 5.92 Å². The van der Waals surface area contributed by atoms with Crippen LogP contribution in [-0.4, -0.2) is 24.2 Å². The van der Waals surface area contributed by atoms with Gasteiger partial charge in [0.1, 0.15) is 5.75 Å². The molecule has 1 aliphatic rings. The summed E-state index contributed by atoms with van der Waals surface area (Å²) in [6.07, 6.45) is 1.67. The van der Waals surface area contributed by atoms with Crippen molar-refractivity contribution < 1.29 is 14.6 Å². The maximum atomic E-state index is 10.8. The summed E-state index contributed by atoms with van der Waals surface area (Å²) in [6.45, 7) is 0. The Morgan fingerprint density at radius 2 is 2.31 bits per heavy atom. The topological polar surface area (TPSA) is 58.6 Å². The Labute approximate surface area is 94.2 Å². The molecule has 1 aliphatic carbocycles. The minimum absolute atomic E-state index is 0.0459. The van der Waals surface area contributed by atoms with Crippen LogP contribution in [-0.2, 0) is 4.79 Å². The third-order valence-corrected chi connectivity index (χ3v) is 3.01. The highest BCUT2D eigenvalue weighted by Crippen LogP contribution is 2.31. The van der Waals surface area contributed by atoms with Crippen molar-refractivity contribution in [2.45, 2.75) is 18.9 Å². The van der Waals surface area contributed by atoms with Gasteiger partial charge in [-0.05, 0) is 25.0 Å². The molecule has 2 rings (SSSR count). The van der Waals surface area contributed by atoms with Gasteiger partial charge >= 0.3 is 5.97 Å². The van der Waals surface area contributed by atoms with Crippen LogP contribution in [0.1, 0.15) is 12.8 Å². The van der Waals surface area contributed by atoms with Crippen LogP contribution >= 0.6 is 0 Å². The molecule has 0 saturated heterocycles. The van der Waals surface area contributed by atoms with E-state index in [2.05, 4.69) is 5.32 Å². The molecule has 0 aliphatic heterocycles. The normalized spacial score (nSPS) is 23.3. The first-order valence-corrected chi connectivity index (χ1v) is 5.34. The van der Waals surface area contributed by atoms with Crippen LogP contribution in [0, 0.1) is 5.92 Å². The Balaban J connectivity index is 2.01. The minimum Gasteiger partial charge on any atom is -0.497 e. The Bertz CT molecular complexity index is 392. The van der Waals surface area contributed by atoms with Gasteiger partial charge in [0.2, 0.25) is 0 Å². The first-order chi connectivity index (χ1) is 7.70. The summed E-state index contributed by atoms with van der Waals surface area (Å²) in [5, 5.41) is 12.1. The summed E-state index contributed by atoms with van der Waals surface area (Å²) in [4.78, 5) is 10.8. The summed E-state index contributed by atoms with van der Waals surface area (Å²) >= 11 is 0. The van der Waals surface area contributed by atoms with Crippen molar-refractivity contribution in [1.29, 1.82) is 0 Å².